The van der Waals surface area contributed by atoms with E-state index in [1.165, 1.54) is 11.3 Å². The first kappa shape index (κ1) is 22.4. The summed E-state index contributed by atoms with van der Waals surface area (Å²) in [7, 11) is 0. The number of carbonyl (C=O) groups is 2. The van der Waals surface area contributed by atoms with Crippen LogP contribution in [-0.2, 0) is 4.79 Å². The van der Waals surface area contributed by atoms with Crippen molar-refractivity contribution in [3.63, 3.8) is 0 Å². The van der Waals surface area contributed by atoms with E-state index < -0.39 is 12.1 Å². The maximum atomic E-state index is 12.9. The Bertz CT molecular complexity index is 1030. The van der Waals surface area contributed by atoms with E-state index in [-0.39, 0.29) is 11.8 Å². The summed E-state index contributed by atoms with van der Waals surface area (Å²) < 4.78 is 0. The molecule has 0 spiro atoms. The zero-order valence-corrected chi connectivity index (χ0v) is 18.9. The molecule has 31 heavy (non-hydrogen) atoms. The standard InChI is InChI=1S/C23H27N5O2S/c1-5-16(4)19(25-22(30)24-18-12-8-15(3)9-13-18)20(29)26-23-28-27-21(31-23)17-10-6-14(2)7-11-17/h6-13,16,19H,5H2,1-4H3,(H2,24,25,30)(H,26,28,29). The molecule has 2 unspecified atom stereocenters. The minimum absolute atomic E-state index is 0.0618. The molecule has 7 nitrogen and oxygen atoms in total. The minimum atomic E-state index is -0.706. The van der Waals surface area contributed by atoms with Crippen molar-refractivity contribution in [2.75, 3.05) is 10.6 Å². The van der Waals surface area contributed by atoms with E-state index in [0.717, 1.165) is 28.1 Å². The molecule has 8 heteroatoms. The summed E-state index contributed by atoms with van der Waals surface area (Å²) in [6.07, 6.45) is 0.730. The molecular weight excluding hydrogens is 410 g/mol. The number of aryl methyl sites for hydroxylation is 2. The molecule has 3 amide bonds. The fourth-order valence-electron chi connectivity index (χ4n) is 2.92. The van der Waals surface area contributed by atoms with Gasteiger partial charge in [-0.15, -0.1) is 10.2 Å². The summed E-state index contributed by atoms with van der Waals surface area (Å²) in [4.78, 5) is 25.4. The van der Waals surface area contributed by atoms with Crippen LogP contribution in [0.4, 0.5) is 15.6 Å². The van der Waals surface area contributed by atoms with E-state index in [1.54, 1.807) is 0 Å². The van der Waals surface area contributed by atoms with Crippen molar-refractivity contribution in [2.24, 2.45) is 5.92 Å². The molecule has 0 radical (unpaired) electrons. The van der Waals surface area contributed by atoms with Gasteiger partial charge in [-0.25, -0.2) is 4.79 Å². The Balaban J connectivity index is 1.66. The number of urea groups is 1. The average molecular weight is 438 g/mol. The second-order valence-corrected chi connectivity index (χ2v) is 8.57. The van der Waals surface area contributed by atoms with Crippen LogP contribution in [0, 0.1) is 19.8 Å². The average Bonchev–Trinajstić information content (AvgIpc) is 3.22. The lowest BCUT2D eigenvalue weighted by Gasteiger charge is -2.23. The number of nitrogens with one attached hydrogen (secondary N) is 3. The summed E-state index contributed by atoms with van der Waals surface area (Å²) in [5.41, 5.74) is 3.87. The van der Waals surface area contributed by atoms with Crippen LogP contribution in [0.3, 0.4) is 0 Å². The molecule has 0 aliphatic heterocycles. The highest BCUT2D eigenvalue weighted by Gasteiger charge is 2.27. The number of nitrogens with zero attached hydrogens (tertiary/aromatic N) is 2. The SMILES string of the molecule is CCC(C)C(NC(=O)Nc1ccc(C)cc1)C(=O)Nc1nnc(-c2ccc(C)cc2)s1. The Labute approximate surface area is 186 Å². The van der Waals surface area contributed by atoms with Crippen molar-refractivity contribution in [1.82, 2.24) is 15.5 Å². The summed E-state index contributed by atoms with van der Waals surface area (Å²) >= 11 is 1.30. The lowest BCUT2D eigenvalue weighted by atomic mass is 9.98. The van der Waals surface area contributed by atoms with Gasteiger partial charge in [0.1, 0.15) is 11.0 Å². The van der Waals surface area contributed by atoms with Gasteiger partial charge in [0.15, 0.2) is 0 Å². The molecule has 0 saturated heterocycles. The van der Waals surface area contributed by atoms with Gasteiger partial charge in [-0.1, -0.05) is 79.1 Å². The highest BCUT2D eigenvalue weighted by molar-refractivity contribution is 7.18. The monoisotopic (exact) mass is 437 g/mol. The number of aromatic nitrogens is 2. The predicted molar refractivity (Wildman–Crippen MR) is 125 cm³/mol. The molecule has 0 aliphatic rings. The summed E-state index contributed by atoms with van der Waals surface area (Å²) in [5, 5.41) is 17.7. The van der Waals surface area contributed by atoms with Crippen LogP contribution in [0.5, 0.6) is 0 Å². The first-order valence-corrected chi connectivity index (χ1v) is 11.0. The van der Waals surface area contributed by atoms with Crippen molar-refractivity contribution >= 4 is 34.1 Å². The van der Waals surface area contributed by atoms with Crippen LogP contribution >= 0.6 is 11.3 Å². The van der Waals surface area contributed by atoms with E-state index in [9.17, 15) is 9.59 Å². The molecule has 3 aromatic rings. The first-order chi connectivity index (χ1) is 14.9. The third-order valence-electron chi connectivity index (χ3n) is 5.05. The maximum absolute atomic E-state index is 12.9. The lowest BCUT2D eigenvalue weighted by molar-refractivity contribution is -0.119. The number of rotatable bonds is 7. The van der Waals surface area contributed by atoms with Gasteiger partial charge in [-0.3, -0.25) is 10.1 Å². The summed E-state index contributed by atoms with van der Waals surface area (Å²) in [6.45, 7) is 7.90. The second kappa shape index (κ2) is 10.2. The highest BCUT2D eigenvalue weighted by Crippen LogP contribution is 2.26. The number of carbonyl (C=O) groups excluding carboxylic acids is 2. The molecule has 2 atom stereocenters. The molecule has 3 rings (SSSR count). The van der Waals surface area contributed by atoms with E-state index in [0.29, 0.717) is 10.8 Å². The Hall–Kier alpha value is -3.26. The van der Waals surface area contributed by atoms with Crippen LogP contribution in [0.15, 0.2) is 48.5 Å². The molecule has 0 fully saturated rings. The largest absolute Gasteiger partial charge is 0.326 e. The molecule has 1 aromatic heterocycles. The summed E-state index contributed by atoms with van der Waals surface area (Å²) in [6, 6.07) is 14.3. The van der Waals surface area contributed by atoms with E-state index in [2.05, 4.69) is 26.1 Å². The molecule has 162 valence electrons. The topological polar surface area (TPSA) is 96.0 Å². The number of benzene rings is 2. The second-order valence-electron chi connectivity index (χ2n) is 7.60. The van der Waals surface area contributed by atoms with Crippen LogP contribution in [-0.4, -0.2) is 28.2 Å². The molecule has 0 saturated carbocycles. The van der Waals surface area contributed by atoms with Gasteiger partial charge < -0.3 is 10.6 Å². The van der Waals surface area contributed by atoms with E-state index in [1.807, 2.05) is 76.2 Å². The molecule has 2 aromatic carbocycles. The van der Waals surface area contributed by atoms with Gasteiger partial charge >= 0.3 is 6.03 Å². The number of anilines is 2. The quantitative estimate of drug-likeness (QED) is 0.485. The molecular formula is C23H27N5O2S. The van der Waals surface area contributed by atoms with Crippen LogP contribution in [0.1, 0.15) is 31.4 Å². The van der Waals surface area contributed by atoms with Gasteiger partial charge in [-0.05, 0) is 31.9 Å². The number of amides is 3. The first-order valence-electron chi connectivity index (χ1n) is 10.2. The van der Waals surface area contributed by atoms with Crippen LogP contribution < -0.4 is 16.0 Å². The predicted octanol–water partition coefficient (Wildman–Crippen LogP) is 5.00. The fourth-order valence-corrected chi connectivity index (χ4v) is 3.67. The minimum Gasteiger partial charge on any atom is -0.326 e. The Morgan fingerprint density at radius 1 is 0.935 bits per heavy atom. The fraction of sp³-hybridized carbons (Fsp3) is 0.304. The zero-order valence-electron chi connectivity index (χ0n) is 18.1. The normalized spacial score (nSPS) is 12.6. The van der Waals surface area contributed by atoms with Crippen LogP contribution in [0.2, 0.25) is 0 Å². The van der Waals surface area contributed by atoms with Gasteiger partial charge in [0, 0.05) is 11.3 Å². The third kappa shape index (κ3) is 6.11. The third-order valence-corrected chi connectivity index (χ3v) is 5.93. The number of hydrogen-bond acceptors (Lipinski definition) is 5. The van der Waals surface area contributed by atoms with Gasteiger partial charge in [-0.2, -0.15) is 0 Å². The Kier molecular flexibility index (Phi) is 7.36. The van der Waals surface area contributed by atoms with E-state index in [4.69, 9.17) is 0 Å². The molecule has 0 aliphatic carbocycles. The molecule has 3 N–H and O–H groups in total. The van der Waals surface area contributed by atoms with Crippen LogP contribution in [0.25, 0.3) is 10.6 Å². The molecule has 1 heterocycles. The van der Waals surface area contributed by atoms with Crippen molar-refractivity contribution in [1.29, 1.82) is 0 Å². The van der Waals surface area contributed by atoms with Gasteiger partial charge in [0.05, 0.1) is 0 Å². The zero-order chi connectivity index (χ0) is 22.4. The van der Waals surface area contributed by atoms with E-state index >= 15 is 0 Å². The van der Waals surface area contributed by atoms with Crippen molar-refractivity contribution in [2.45, 2.75) is 40.2 Å². The smallest absolute Gasteiger partial charge is 0.319 e. The molecule has 0 bridgehead atoms. The Morgan fingerprint density at radius 2 is 1.55 bits per heavy atom. The maximum Gasteiger partial charge on any atom is 0.319 e. The highest BCUT2D eigenvalue weighted by atomic mass is 32.1. The van der Waals surface area contributed by atoms with Gasteiger partial charge in [0.25, 0.3) is 0 Å². The van der Waals surface area contributed by atoms with Crippen molar-refractivity contribution in [3.8, 4) is 10.6 Å². The number of hydrogen-bond donors (Lipinski definition) is 3. The Morgan fingerprint density at radius 3 is 2.16 bits per heavy atom. The van der Waals surface area contributed by atoms with Crippen molar-refractivity contribution in [3.05, 3.63) is 59.7 Å². The van der Waals surface area contributed by atoms with Crippen molar-refractivity contribution < 1.29 is 9.59 Å². The lowest BCUT2D eigenvalue weighted by Crippen LogP contribution is -2.49. The summed E-state index contributed by atoms with van der Waals surface area (Å²) in [5.74, 6) is -0.381. The van der Waals surface area contributed by atoms with Gasteiger partial charge in [0.2, 0.25) is 11.0 Å².